The average Bonchev–Trinajstić information content (AvgIpc) is 2.75. The summed E-state index contributed by atoms with van der Waals surface area (Å²) in [4.78, 5) is 12.6. The summed E-state index contributed by atoms with van der Waals surface area (Å²) in [5, 5.41) is 7.02. The van der Waals surface area contributed by atoms with E-state index in [2.05, 4.69) is 10.4 Å². The molecule has 0 aliphatic heterocycles. The van der Waals surface area contributed by atoms with Crippen LogP contribution in [0.4, 0.5) is 5.82 Å². The highest BCUT2D eigenvalue weighted by Crippen LogP contribution is 2.14. The van der Waals surface area contributed by atoms with Gasteiger partial charge in [0.25, 0.3) is 0 Å². The summed E-state index contributed by atoms with van der Waals surface area (Å²) in [5.74, 6) is -0.126. The van der Waals surface area contributed by atoms with Crippen molar-refractivity contribution in [1.29, 1.82) is 0 Å². The molecule has 0 aliphatic rings. The second-order valence-electron chi connectivity index (χ2n) is 4.93. The Kier molecular flexibility index (Phi) is 4.70. The third-order valence-electron chi connectivity index (χ3n) is 3.20. The number of benzene rings is 1. The number of thiocarbonyl (C=S) groups is 1. The Hall–Kier alpha value is -2.21. The zero-order chi connectivity index (χ0) is 15.4. The second-order valence-corrected chi connectivity index (χ2v) is 5.40. The molecule has 6 heteroatoms. The highest BCUT2D eigenvalue weighted by Gasteiger charge is 2.23. The predicted molar refractivity (Wildman–Crippen MR) is 87.0 cm³/mol. The van der Waals surface area contributed by atoms with Crippen molar-refractivity contribution < 1.29 is 4.79 Å². The van der Waals surface area contributed by atoms with Crippen LogP contribution < -0.4 is 11.1 Å². The topological polar surface area (TPSA) is 72.9 Å². The van der Waals surface area contributed by atoms with E-state index in [1.54, 1.807) is 17.8 Å². The van der Waals surface area contributed by atoms with Gasteiger partial charge in [0, 0.05) is 13.1 Å². The van der Waals surface area contributed by atoms with Crippen molar-refractivity contribution in [2.24, 2.45) is 18.7 Å². The van der Waals surface area contributed by atoms with E-state index in [9.17, 15) is 4.79 Å². The summed E-state index contributed by atoms with van der Waals surface area (Å²) < 4.78 is 1.62. The van der Waals surface area contributed by atoms with E-state index in [1.165, 1.54) is 0 Å². The molecule has 110 valence electrons. The molecule has 1 atom stereocenters. The van der Waals surface area contributed by atoms with E-state index in [4.69, 9.17) is 18.0 Å². The fourth-order valence-corrected chi connectivity index (χ4v) is 2.30. The number of aryl methyl sites for hydroxylation is 2. The maximum absolute atomic E-state index is 12.4. The lowest BCUT2D eigenvalue weighted by Crippen LogP contribution is -2.35. The molecule has 5 nitrogen and oxygen atoms in total. The van der Waals surface area contributed by atoms with Crippen LogP contribution in [0.5, 0.6) is 0 Å². The van der Waals surface area contributed by atoms with Gasteiger partial charge in [0.2, 0.25) is 5.91 Å². The first-order valence-corrected chi connectivity index (χ1v) is 7.03. The Morgan fingerprint density at radius 2 is 2.10 bits per heavy atom. The van der Waals surface area contributed by atoms with Crippen LogP contribution in [0.15, 0.2) is 36.4 Å². The zero-order valence-electron chi connectivity index (χ0n) is 12.0. The Balaban J connectivity index is 2.13. The number of carbonyl (C=O) groups excluding carboxylic acids is 1. The van der Waals surface area contributed by atoms with Gasteiger partial charge in [0.15, 0.2) is 0 Å². The summed E-state index contributed by atoms with van der Waals surface area (Å²) in [6.45, 7) is 1.87. The van der Waals surface area contributed by atoms with Crippen LogP contribution >= 0.6 is 12.2 Å². The molecule has 0 saturated carbocycles. The highest BCUT2D eigenvalue weighted by atomic mass is 32.1. The molecular weight excluding hydrogens is 284 g/mol. The smallest absolute Gasteiger partial charge is 0.235 e. The molecule has 0 saturated heterocycles. The molecule has 1 unspecified atom stereocenters. The molecule has 1 aromatic heterocycles. The van der Waals surface area contributed by atoms with Crippen LogP contribution in [0, 0.1) is 12.8 Å². The summed E-state index contributed by atoms with van der Waals surface area (Å²) in [7, 11) is 1.77. The van der Waals surface area contributed by atoms with Crippen molar-refractivity contribution in [3.63, 3.8) is 0 Å². The minimum absolute atomic E-state index is 0.190. The molecule has 0 fully saturated rings. The number of nitrogens with two attached hydrogens (primary N) is 1. The molecular formula is C15H18N4OS. The van der Waals surface area contributed by atoms with Crippen molar-refractivity contribution in [3.8, 4) is 0 Å². The van der Waals surface area contributed by atoms with Gasteiger partial charge < -0.3 is 11.1 Å². The molecule has 0 aliphatic carbocycles. The summed E-state index contributed by atoms with van der Waals surface area (Å²) in [6.07, 6.45) is 0.485. The van der Waals surface area contributed by atoms with Gasteiger partial charge in [-0.1, -0.05) is 42.5 Å². The zero-order valence-corrected chi connectivity index (χ0v) is 12.9. The molecule has 0 radical (unpaired) electrons. The van der Waals surface area contributed by atoms with E-state index < -0.39 is 5.92 Å². The van der Waals surface area contributed by atoms with Crippen molar-refractivity contribution >= 4 is 28.9 Å². The number of nitrogens with one attached hydrogen (secondary N) is 1. The Bertz CT molecular complexity index is 651. The van der Waals surface area contributed by atoms with Gasteiger partial charge in [0.05, 0.1) is 16.6 Å². The lowest BCUT2D eigenvalue weighted by Gasteiger charge is -2.15. The number of amides is 1. The number of carbonyl (C=O) groups is 1. The molecule has 2 aromatic rings. The Morgan fingerprint density at radius 1 is 1.43 bits per heavy atom. The van der Waals surface area contributed by atoms with Gasteiger partial charge in [-0.3, -0.25) is 9.48 Å². The molecule has 0 spiro atoms. The molecule has 3 N–H and O–H groups in total. The van der Waals surface area contributed by atoms with E-state index >= 15 is 0 Å². The number of hydrogen-bond donors (Lipinski definition) is 2. The lowest BCUT2D eigenvalue weighted by atomic mass is 9.98. The third-order valence-corrected chi connectivity index (χ3v) is 3.48. The summed E-state index contributed by atoms with van der Waals surface area (Å²) >= 11 is 5.04. The van der Waals surface area contributed by atoms with Gasteiger partial charge >= 0.3 is 0 Å². The fourth-order valence-electron chi connectivity index (χ4n) is 2.11. The monoisotopic (exact) mass is 302 g/mol. The van der Waals surface area contributed by atoms with Crippen molar-refractivity contribution in [1.82, 2.24) is 9.78 Å². The van der Waals surface area contributed by atoms with Crippen LogP contribution in [0.25, 0.3) is 0 Å². The lowest BCUT2D eigenvalue weighted by molar-refractivity contribution is -0.118. The molecule has 1 heterocycles. The van der Waals surface area contributed by atoms with Crippen molar-refractivity contribution in [2.45, 2.75) is 13.3 Å². The number of nitrogens with zero attached hydrogens (tertiary/aromatic N) is 2. The van der Waals surface area contributed by atoms with Crippen LogP contribution in [-0.2, 0) is 18.3 Å². The molecule has 1 amide bonds. The second kappa shape index (κ2) is 6.49. The van der Waals surface area contributed by atoms with E-state index in [1.807, 2.05) is 37.3 Å². The average molecular weight is 302 g/mol. The van der Waals surface area contributed by atoms with Crippen LogP contribution in [-0.4, -0.2) is 20.7 Å². The summed E-state index contributed by atoms with van der Waals surface area (Å²) in [5.41, 5.74) is 7.59. The molecule has 1 aromatic carbocycles. The van der Waals surface area contributed by atoms with Gasteiger partial charge in [0.1, 0.15) is 5.82 Å². The van der Waals surface area contributed by atoms with Crippen molar-refractivity contribution in [2.75, 3.05) is 5.32 Å². The first kappa shape index (κ1) is 15.2. The van der Waals surface area contributed by atoms with E-state index in [0.29, 0.717) is 12.2 Å². The minimum Gasteiger partial charge on any atom is -0.393 e. The van der Waals surface area contributed by atoms with Gasteiger partial charge in [-0.05, 0) is 18.9 Å². The van der Waals surface area contributed by atoms with E-state index in [0.717, 1.165) is 11.3 Å². The number of rotatable bonds is 5. The summed E-state index contributed by atoms with van der Waals surface area (Å²) in [6, 6.07) is 11.5. The first-order chi connectivity index (χ1) is 9.97. The molecule has 21 heavy (non-hydrogen) atoms. The Labute approximate surface area is 129 Å². The van der Waals surface area contributed by atoms with Crippen LogP contribution in [0.3, 0.4) is 0 Å². The van der Waals surface area contributed by atoms with E-state index in [-0.39, 0.29) is 10.9 Å². The molecule has 0 bridgehead atoms. The van der Waals surface area contributed by atoms with Crippen LogP contribution in [0.2, 0.25) is 0 Å². The number of aromatic nitrogens is 2. The minimum atomic E-state index is -0.544. The standard InChI is InChI=1S/C15H18N4OS/c1-10-8-13(19(2)18-10)17-15(20)12(14(16)21)9-11-6-4-3-5-7-11/h3-8,12H,9H2,1-2H3,(H2,16,21)(H,17,20). The maximum Gasteiger partial charge on any atom is 0.235 e. The predicted octanol–water partition coefficient (Wildman–Crippen LogP) is 1.81. The molecule has 2 rings (SSSR count). The largest absolute Gasteiger partial charge is 0.393 e. The highest BCUT2D eigenvalue weighted by molar-refractivity contribution is 7.80. The Morgan fingerprint density at radius 3 is 2.62 bits per heavy atom. The van der Waals surface area contributed by atoms with Crippen molar-refractivity contribution in [3.05, 3.63) is 47.7 Å². The normalized spacial score (nSPS) is 11.9. The van der Waals surface area contributed by atoms with Gasteiger partial charge in [-0.2, -0.15) is 5.10 Å². The number of anilines is 1. The van der Waals surface area contributed by atoms with Crippen LogP contribution in [0.1, 0.15) is 11.3 Å². The number of hydrogen-bond acceptors (Lipinski definition) is 3. The SMILES string of the molecule is Cc1cc(NC(=O)C(Cc2ccccc2)C(N)=S)n(C)n1. The first-order valence-electron chi connectivity index (χ1n) is 6.62. The quantitative estimate of drug-likeness (QED) is 0.826. The fraction of sp³-hybridized carbons (Fsp3) is 0.267. The third kappa shape index (κ3) is 3.88. The van der Waals surface area contributed by atoms with Gasteiger partial charge in [-0.25, -0.2) is 0 Å². The maximum atomic E-state index is 12.4. The van der Waals surface area contributed by atoms with Gasteiger partial charge in [-0.15, -0.1) is 0 Å².